The Hall–Kier alpha value is -3.85. The van der Waals surface area contributed by atoms with E-state index in [1.807, 2.05) is 24.3 Å². The van der Waals surface area contributed by atoms with E-state index in [-0.39, 0.29) is 16.6 Å². The third-order valence-electron chi connectivity index (χ3n) is 4.76. The van der Waals surface area contributed by atoms with Crippen LogP contribution >= 0.6 is 11.6 Å². The monoisotopic (exact) mass is 457 g/mol. The lowest BCUT2D eigenvalue weighted by Crippen LogP contribution is -2.22. The lowest BCUT2D eigenvalue weighted by atomic mass is 10.1. The van der Waals surface area contributed by atoms with E-state index in [1.165, 1.54) is 6.20 Å². The lowest BCUT2D eigenvalue weighted by molar-refractivity contribution is -0.137. The average molecular weight is 458 g/mol. The number of fused-ring (bicyclic) bond motifs is 3. The summed E-state index contributed by atoms with van der Waals surface area (Å²) in [4.78, 5) is 16.3. The van der Waals surface area contributed by atoms with Crippen LogP contribution in [0.1, 0.15) is 5.56 Å². The van der Waals surface area contributed by atoms with Gasteiger partial charge < -0.3 is 9.15 Å². The van der Waals surface area contributed by atoms with Gasteiger partial charge in [0.2, 0.25) is 0 Å². The maximum absolute atomic E-state index is 12.7. The van der Waals surface area contributed by atoms with Gasteiger partial charge >= 0.3 is 6.18 Å². The molecule has 32 heavy (non-hydrogen) atoms. The molecule has 0 spiro atoms. The molecular weight excluding hydrogens is 447 g/mol. The highest BCUT2D eigenvalue weighted by molar-refractivity contribution is 6.31. The van der Waals surface area contributed by atoms with Crippen molar-refractivity contribution in [1.82, 2.24) is 14.8 Å². The second-order valence-corrected chi connectivity index (χ2v) is 7.18. The van der Waals surface area contributed by atoms with Crippen LogP contribution < -0.4 is 10.3 Å². The number of rotatable bonds is 3. The molecule has 3 aromatic heterocycles. The molecule has 0 amide bonds. The summed E-state index contributed by atoms with van der Waals surface area (Å²) in [5, 5.41) is 5.37. The highest BCUT2D eigenvalue weighted by Gasteiger charge is 2.30. The van der Waals surface area contributed by atoms with Crippen molar-refractivity contribution < 1.29 is 22.3 Å². The zero-order valence-corrected chi connectivity index (χ0v) is 16.7. The molecule has 5 rings (SSSR count). The summed E-state index contributed by atoms with van der Waals surface area (Å²) in [5.74, 6) is 0.285. The van der Waals surface area contributed by atoms with Crippen molar-refractivity contribution in [3.05, 3.63) is 87.9 Å². The largest absolute Gasteiger partial charge is 0.456 e. The Morgan fingerprint density at radius 3 is 2.50 bits per heavy atom. The van der Waals surface area contributed by atoms with Crippen molar-refractivity contribution in [2.45, 2.75) is 6.18 Å². The number of alkyl halides is 3. The number of nitrogens with zero attached hydrogens (tertiary/aromatic N) is 3. The van der Waals surface area contributed by atoms with Gasteiger partial charge in [-0.2, -0.15) is 23.0 Å². The molecule has 0 saturated carbocycles. The van der Waals surface area contributed by atoms with Crippen LogP contribution in [-0.2, 0) is 6.18 Å². The fourth-order valence-electron chi connectivity index (χ4n) is 3.23. The molecule has 0 fully saturated rings. The summed E-state index contributed by atoms with van der Waals surface area (Å²) < 4.78 is 50.5. The zero-order chi connectivity index (χ0) is 22.5. The smallest absolute Gasteiger partial charge is 0.417 e. The number of pyridine rings is 1. The van der Waals surface area contributed by atoms with Gasteiger partial charge in [0.25, 0.3) is 5.56 Å². The Morgan fingerprint density at radius 1 is 0.969 bits per heavy atom. The first kappa shape index (κ1) is 20.1. The second-order valence-electron chi connectivity index (χ2n) is 6.80. The SMILES string of the molecule is O=c1c(Cl)c(Oc2ccc3oc4ccccc4c3c2)cnn1-c1ccc(C(F)(F)F)cn1. The van der Waals surface area contributed by atoms with Gasteiger partial charge in [-0.15, -0.1) is 0 Å². The minimum absolute atomic E-state index is 0.00743. The number of ether oxygens (including phenoxy) is 1. The molecule has 0 aliphatic heterocycles. The number of hydrogen-bond donors (Lipinski definition) is 0. The summed E-state index contributed by atoms with van der Waals surface area (Å²) in [6.45, 7) is 0. The van der Waals surface area contributed by atoms with Gasteiger partial charge in [0.05, 0.1) is 11.8 Å². The Balaban J connectivity index is 1.48. The number of para-hydroxylation sites is 1. The van der Waals surface area contributed by atoms with Crippen molar-refractivity contribution >= 4 is 33.5 Å². The van der Waals surface area contributed by atoms with Crippen molar-refractivity contribution in [3.63, 3.8) is 0 Å². The second kappa shape index (κ2) is 7.38. The number of halogens is 4. The highest BCUT2D eigenvalue weighted by Crippen LogP contribution is 2.34. The fourth-order valence-corrected chi connectivity index (χ4v) is 3.39. The van der Waals surface area contributed by atoms with Gasteiger partial charge in [-0.25, -0.2) is 4.98 Å². The standard InChI is InChI=1S/C22H11ClF3N3O3/c23-20-18(11-28-29(21(20)30)19-8-5-12(10-27-19)22(24,25)26)31-13-6-7-17-15(9-13)14-3-1-2-4-16(14)32-17/h1-11H. The summed E-state index contributed by atoms with van der Waals surface area (Å²) in [6, 6.07) is 14.5. The Kier molecular flexibility index (Phi) is 4.63. The normalized spacial score (nSPS) is 11.9. The van der Waals surface area contributed by atoms with Gasteiger partial charge in [-0.1, -0.05) is 29.8 Å². The molecule has 0 unspecified atom stereocenters. The molecule has 5 aromatic rings. The van der Waals surface area contributed by atoms with Crippen LogP contribution in [0.5, 0.6) is 11.5 Å². The van der Waals surface area contributed by atoms with Crippen LogP contribution in [-0.4, -0.2) is 14.8 Å². The first-order chi connectivity index (χ1) is 15.3. The van der Waals surface area contributed by atoms with Gasteiger partial charge in [0.1, 0.15) is 16.9 Å². The molecule has 0 atom stereocenters. The molecule has 0 N–H and O–H groups in total. The first-order valence-corrected chi connectivity index (χ1v) is 9.60. The van der Waals surface area contributed by atoms with Crippen LogP contribution in [0.2, 0.25) is 5.02 Å². The van der Waals surface area contributed by atoms with Crippen molar-refractivity contribution in [2.24, 2.45) is 0 Å². The number of furan rings is 1. The summed E-state index contributed by atoms with van der Waals surface area (Å²) in [5.41, 5.74) is -0.327. The lowest BCUT2D eigenvalue weighted by Gasteiger charge is -2.10. The summed E-state index contributed by atoms with van der Waals surface area (Å²) in [6.07, 6.45) is -2.73. The van der Waals surface area contributed by atoms with E-state index in [4.69, 9.17) is 20.8 Å². The molecule has 0 bridgehead atoms. The summed E-state index contributed by atoms with van der Waals surface area (Å²) >= 11 is 6.17. The minimum Gasteiger partial charge on any atom is -0.456 e. The molecular formula is C22H11ClF3N3O3. The van der Waals surface area contributed by atoms with Crippen LogP contribution in [0.15, 0.2) is 76.2 Å². The van der Waals surface area contributed by atoms with Crippen molar-refractivity contribution in [2.75, 3.05) is 0 Å². The van der Waals surface area contributed by atoms with Gasteiger partial charge in [0, 0.05) is 17.0 Å². The third kappa shape index (κ3) is 3.46. The van der Waals surface area contributed by atoms with Gasteiger partial charge in [-0.3, -0.25) is 4.79 Å². The molecule has 0 saturated heterocycles. The molecule has 0 radical (unpaired) electrons. The van der Waals surface area contributed by atoms with Gasteiger partial charge in [-0.05, 0) is 36.4 Å². The third-order valence-corrected chi connectivity index (χ3v) is 5.10. The van der Waals surface area contributed by atoms with Crippen molar-refractivity contribution in [1.29, 1.82) is 0 Å². The summed E-state index contributed by atoms with van der Waals surface area (Å²) in [7, 11) is 0. The average Bonchev–Trinajstić information content (AvgIpc) is 3.15. The van der Waals surface area contributed by atoms with Gasteiger partial charge in [0.15, 0.2) is 16.6 Å². The van der Waals surface area contributed by atoms with E-state index < -0.39 is 17.3 Å². The molecule has 3 heterocycles. The Labute approximate surface area is 182 Å². The van der Waals surface area contributed by atoms with Crippen molar-refractivity contribution in [3.8, 4) is 17.3 Å². The molecule has 6 nitrogen and oxygen atoms in total. The first-order valence-electron chi connectivity index (χ1n) is 9.22. The predicted molar refractivity (Wildman–Crippen MR) is 111 cm³/mol. The Bertz CT molecular complexity index is 1530. The van der Waals surface area contributed by atoms with Crippen LogP contribution in [0.4, 0.5) is 13.2 Å². The predicted octanol–water partition coefficient (Wildman–Crippen LogP) is 5.99. The van der Waals surface area contributed by atoms with Crippen LogP contribution in [0.3, 0.4) is 0 Å². The van der Waals surface area contributed by atoms with Crippen LogP contribution in [0, 0.1) is 0 Å². The maximum atomic E-state index is 12.7. The quantitative estimate of drug-likeness (QED) is 0.333. The maximum Gasteiger partial charge on any atom is 0.417 e. The van der Waals surface area contributed by atoms with Crippen LogP contribution in [0.25, 0.3) is 27.8 Å². The number of benzene rings is 2. The van der Waals surface area contributed by atoms with E-state index in [0.717, 1.165) is 33.2 Å². The highest BCUT2D eigenvalue weighted by atomic mass is 35.5. The zero-order valence-electron chi connectivity index (χ0n) is 15.9. The topological polar surface area (TPSA) is 70.2 Å². The van der Waals surface area contributed by atoms with E-state index in [0.29, 0.717) is 17.5 Å². The van der Waals surface area contributed by atoms with E-state index in [1.54, 1.807) is 18.2 Å². The fraction of sp³-hybridized carbons (Fsp3) is 0.0455. The minimum atomic E-state index is -4.54. The molecule has 0 aliphatic carbocycles. The Morgan fingerprint density at radius 2 is 1.75 bits per heavy atom. The molecule has 160 valence electrons. The number of hydrogen-bond acceptors (Lipinski definition) is 5. The molecule has 2 aromatic carbocycles. The molecule has 10 heteroatoms. The van der Waals surface area contributed by atoms with E-state index in [9.17, 15) is 18.0 Å². The molecule has 0 aliphatic rings. The van der Waals surface area contributed by atoms with E-state index >= 15 is 0 Å². The number of aromatic nitrogens is 3. The van der Waals surface area contributed by atoms with E-state index in [2.05, 4.69) is 10.1 Å².